The summed E-state index contributed by atoms with van der Waals surface area (Å²) < 4.78 is 41.0. The van der Waals surface area contributed by atoms with Crippen LogP contribution in [0.5, 0.6) is 0 Å². The highest BCUT2D eigenvalue weighted by Crippen LogP contribution is 2.20. The molecule has 0 aliphatic rings. The van der Waals surface area contributed by atoms with E-state index in [1.165, 1.54) is 17.9 Å². The van der Waals surface area contributed by atoms with Gasteiger partial charge in [0.2, 0.25) is 0 Å². The Hall–Kier alpha value is -2.91. The quantitative estimate of drug-likeness (QED) is 0.912. The van der Waals surface area contributed by atoms with E-state index in [1.54, 1.807) is 12.1 Å². The summed E-state index contributed by atoms with van der Waals surface area (Å²) in [6, 6.07) is 6.20. The van der Waals surface area contributed by atoms with Crippen LogP contribution < -0.4 is 4.72 Å². The summed E-state index contributed by atoms with van der Waals surface area (Å²) >= 11 is 0. The minimum Gasteiger partial charge on any atom is -0.262 e. The molecule has 0 aliphatic heterocycles. The second-order valence-corrected chi connectivity index (χ2v) is 5.68. The van der Waals surface area contributed by atoms with Crippen LogP contribution in [0.1, 0.15) is 11.1 Å². The summed E-state index contributed by atoms with van der Waals surface area (Å²) in [5, 5.41) is 21.4. The van der Waals surface area contributed by atoms with Crippen LogP contribution in [0, 0.1) is 28.5 Å². The molecule has 106 valence electrons. The average molecular weight is 305 g/mol. The lowest BCUT2D eigenvalue weighted by Gasteiger charge is -2.09. The maximum Gasteiger partial charge on any atom is 0.263 e. The highest BCUT2D eigenvalue weighted by molar-refractivity contribution is 7.92. The molecule has 0 radical (unpaired) electrons. The number of halogens is 1. The SMILES string of the molecule is Cn1ncc(C#N)c1NS(=O)(=O)c1ccc(F)c(C#N)c1. The van der Waals surface area contributed by atoms with Crippen LogP contribution in [-0.4, -0.2) is 18.2 Å². The first kappa shape index (κ1) is 14.5. The van der Waals surface area contributed by atoms with Crippen molar-refractivity contribution in [1.29, 1.82) is 10.5 Å². The molecule has 9 heteroatoms. The number of hydrogen-bond acceptors (Lipinski definition) is 5. The molecule has 0 saturated heterocycles. The zero-order valence-corrected chi connectivity index (χ0v) is 11.5. The molecule has 7 nitrogen and oxygen atoms in total. The van der Waals surface area contributed by atoms with Crippen molar-refractivity contribution in [1.82, 2.24) is 9.78 Å². The van der Waals surface area contributed by atoms with Crippen molar-refractivity contribution in [3.05, 3.63) is 41.3 Å². The molecular weight excluding hydrogens is 297 g/mol. The van der Waals surface area contributed by atoms with Crippen molar-refractivity contribution in [2.75, 3.05) is 4.72 Å². The van der Waals surface area contributed by atoms with Crippen LogP contribution >= 0.6 is 0 Å². The van der Waals surface area contributed by atoms with Crippen LogP contribution in [0.25, 0.3) is 0 Å². The topological polar surface area (TPSA) is 112 Å². The number of nitrogens with one attached hydrogen (secondary N) is 1. The molecule has 0 unspecified atom stereocenters. The van der Waals surface area contributed by atoms with Gasteiger partial charge in [-0.1, -0.05) is 0 Å². The Morgan fingerprint density at radius 2 is 1.95 bits per heavy atom. The Bertz CT molecular complexity index is 889. The van der Waals surface area contributed by atoms with Crippen molar-refractivity contribution in [3.63, 3.8) is 0 Å². The molecule has 1 N–H and O–H groups in total. The van der Waals surface area contributed by atoms with Gasteiger partial charge in [0.25, 0.3) is 10.0 Å². The number of nitrogens with zero attached hydrogens (tertiary/aromatic N) is 4. The number of benzene rings is 1. The van der Waals surface area contributed by atoms with E-state index in [0.717, 1.165) is 18.2 Å². The van der Waals surface area contributed by atoms with Gasteiger partial charge in [0.15, 0.2) is 5.82 Å². The largest absolute Gasteiger partial charge is 0.263 e. The minimum absolute atomic E-state index is 0.0136. The van der Waals surface area contributed by atoms with E-state index in [9.17, 15) is 12.8 Å². The van der Waals surface area contributed by atoms with Crippen molar-refractivity contribution in [2.45, 2.75) is 4.90 Å². The van der Waals surface area contributed by atoms with Crippen LogP contribution in [0.3, 0.4) is 0 Å². The fourth-order valence-electron chi connectivity index (χ4n) is 1.58. The van der Waals surface area contributed by atoms with Gasteiger partial charge < -0.3 is 0 Å². The maximum atomic E-state index is 13.2. The van der Waals surface area contributed by atoms with E-state index in [1.807, 2.05) is 0 Å². The Kier molecular flexibility index (Phi) is 3.61. The molecule has 0 aliphatic carbocycles. The number of rotatable bonds is 3. The molecule has 0 saturated carbocycles. The van der Waals surface area contributed by atoms with E-state index in [2.05, 4.69) is 9.82 Å². The average Bonchev–Trinajstić information content (AvgIpc) is 2.79. The number of sulfonamides is 1. The predicted molar refractivity (Wildman–Crippen MR) is 69.8 cm³/mol. The molecule has 0 atom stereocenters. The smallest absolute Gasteiger partial charge is 0.262 e. The van der Waals surface area contributed by atoms with E-state index in [0.29, 0.717) is 0 Å². The molecule has 1 aromatic carbocycles. The minimum atomic E-state index is -4.07. The fraction of sp³-hybridized carbons (Fsp3) is 0.0833. The third kappa shape index (κ3) is 2.68. The number of hydrogen-bond donors (Lipinski definition) is 1. The molecule has 2 aromatic rings. The zero-order valence-electron chi connectivity index (χ0n) is 10.7. The second kappa shape index (κ2) is 5.23. The van der Waals surface area contributed by atoms with E-state index < -0.39 is 15.8 Å². The Balaban J connectivity index is 2.47. The lowest BCUT2D eigenvalue weighted by Crippen LogP contribution is -2.16. The second-order valence-electron chi connectivity index (χ2n) is 4.00. The van der Waals surface area contributed by atoms with E-state index in [-0.39, 0.29) is 21.8 Å². The third-order valence-corrected chi connectivity index (χ3v) is 4.00. The summed E-state index contributed by atoms with van der Waals surface area (Å²) in [5.74, 6) is -0.824. The summed E-state index contributed by atoms with van der Waals surface area (Å²) in [7, 11) is -2.61. The molecule has 1 aromatic heterocycles. The monoisotopic (exact) mass is 305 g/mol. The summed E-state index contributed by atoms with van der Waals surface area (Å²) in [6.07, 6.45) is 1.21. The van der Waals surface area contributed by atoms with Gasteiger partial charge in [-0.25, -0.2) is 12.8 Å². The van der Waals surface area contributed by atoms with Crippen molar-refractivity contribution < 1.29 is 12.8 Å². The van der Waals surface area contributed by atoms with Gasteiger partial charge in [-0.3, -0.25) is 9.40 Å². The highest BCUT2D eigenvalue weighted by Gasteiger charge is 2.20. The van der Waals surface area contributed by atoms with Crippen molar-refractivity contribution in [2.24, 2.45) is 7.05 Å². The summed E-state index contributed by atoms with van der Waals surface area (Å²) in [6.45, 7) is 0. The molecule has 21 heavy (non-hydrogen) atoms. The third-order valence-electron chi connectivity index (χ3n) is 2.66. The summed E-state index contributed by atoms with van der Waals surface area (Å²) in [5.41, 5.74) is -0.341. The van der Waals surface area contributed by atoms with Crippen LogP contribution in [-0.2, 0) is 17.1 Å². The molecular formula is C12H8FN5O2S. The predicted octanol–water partition coefficient (Wildman–Crippen LogP) is 1.10. The molecule has 0 spiro atoms. The van der Waals surface area contributed by atoms with Gasteiger partial charge in [-0.15, -0.1) is 0 Å². The lowest BCUT2D eigenvalue weighted by molar-refractivity contribution is 0.598. The van der Waals surface area contributed by atoms with Crippen LogP contribution in [0.15, 0.2) is 29.3 Å². The number of aryl methyl sites for hydroxylation is 1. The molecule has 2 rings (SSSR count). The van der Waals surface area contributed by atoms with Gasteiger partial charge in [0, 0.05) is 7.05 Å². The first-order valence-electron chi connectivity index (χ1n) is 5.53. The lowest BCUT2D eigenvalue weighted by atomic mass is 10.2. The van der Waals surface area contributed by atoms with E-state index >= 15 is 0 Å². The summed E-state index contributed by atoms with van der Waals surface area (Å²) in [4.78, 5) is -0.287. The Morgan fingerprint density at radius 3 is 2.57 bits per heavy atom. The number of nitriles is 2. The normalized spacial score (nSPS) is 10.7. The number of aromatic nitrogens is 2. The first-order valence-corrected chi connectivity index (χ1v) is 7.02. The molecule has 0 fully saturated rings. The van der Waals surface area contributed by atoms with Gasteiger partial charge in [0.1, 0.15) is 23.5 Å². The zero-order chi connectivity index (χ0) is 15.6. The number of anilines is 1. The Labute approximate surface area is 119 Å². The van der Waals surface area contributed by atoms with E-state index in [4.69, 9.17) is 10.5 Å². The fourth-order valence-corrected chi connectivity index (χ4v) is 2.72. The molecule has 1 heterocycles. The maximum absolute atomic E-state index is 13.2. The van der Waals surface area contributed by atoms with Gasteiger partial charge in [0.05, 0.1) is 16.7 Å². The van der Waals surface area contributed by atoms with Gasteiger partial charge in [-0.05, 0) is 18.2 Å². The van der Waals surface area contributed by atoms with Gasteiger partial charge >= 0.3 is 0 Å². The van der Waals surface area contributed by atoms with Crippen LogP contribution in [0.4, 0.5) is 10.2 Å². The van der Waals surface area contributed by atoms with Crippen LogP contribution in [0.2, 0.25) is 0 Å². The van der Waals surface area contributed by atoms with Crippen molar-refractivity contribution in [3.8, 4) is 12.1 Å². The highest BCUT2D eigenvalue weighted by atomic mass is 32.2. The van der Waals surface area contributed by atoms with Crippen molar-refractivity contribution >= 4 is 15.8 Å². The van der Waals surface area contributed by atoms with Gasteiger partial charge in [-0.2, -0.15) is 15.6 Å². The first-order chi connectivity index (χ1) is 9.89. The molecule has 0 amide bonds. The molecule has 0 bridgehead atoms. The Morgan fingerprint density at radius 1 is 1.29 bits per heavy atom. The standard InChI is InChI=1S/C12H8FN5O2S/c1-18-12(9(6-15)7-16-18)17-21(19,20)10-2-3-11(13)8(4-10)5-14/h2-4,7,17H,1H3.